The summed E-state index contributed by atoms with van der Waals surface area (Å²) in [7, 11) is 1.83. The van der Waals surface area contributed by atoms with E-state index in [2.05, 4.69) is 24.2 Å². The summed E-state index contributed by atoms with van der Waals surface area (Å²) in [4.78, 5) is 10.7. The lowest BCUT2D eigenvalue weighted by Crippen LogP contribution is -2.01. The molecule has 0 amide bonds. The minimum atomic E-state index is -0.860. The molecule has 2 aromatic rings. The number of nitrogens with zero attached hydrogens (tertiary/aromatic N) is 2. The molecule has 0 saturated heterocycles. The molecule has 0 aliphatic rings. The first-order chi connectivity index (χ1) is 8.60. The van der Waals surface area contributed by atoms with Gasteiger partial charge in [-0.25, -0.2) is 0 Å². The van der Waals surface area contributed by atoms with Gasteiger partial charge in [0.2, 0.25) is 0 Å². The van der Waals surface area contributed by atoms with Gasteiger partial charge in [-0.2, -0.15) is 5.10 Å². The number of aliphatic carboxylic acids is 1. The van der Waals surface area contributed by atoms with Crippen molar-refractivity contribution in [2.45, 2.75) is 19.8 Å². The van der Waals surface area contributed by atoms with Gasteiger partial charge in [-0.05, 0) is 23.6 Å². The number of aromatic nitrogens is 2. The zero-order valence-corrected chi connectivity index (χ0v) is 10.6. The molecule has 18 heavy (non-hydrogen) atoms. The molecule has 0 atom stereocenters. The largest absolute Gasteiger partial charge is 0.481 e. The Bertz CT molecular complexity index is 556. The number of benzene rings is 1. The van der Waals surface area contributed by atoms with E-state index in [-0.39, 0.29) is 6.42 Å². The van der Waals surface area contributed by atoms with Crippen LogP contribution in [0.4, 0.5) is 0 Å². The van der Waals surface area contributed by atoms with E-state index in [0.717, 1.165) is 17.7 Å². The van der Waals surface area contributed by atoms with Crippen LogP contribution in [0.15, 0.2) is 30.3 Å². The van der Waals surface area contributed by atoms with E-state index < -0.39 is 5.97 Å². The van der Waals surface area contributed by atoms with Crippen LogP contribution in [0.25, 0.3) is 11.3 Å². The summed E-state index contributed by atoms with van der Waals surface area (Å²) in [5.74, 6) is -0.860. The minimum absolute atomic E-state index is 0.0408. The molecule has 4 nitrogen and oxygen atoms in total. The molecule has 0 fully saturated rings. The number of carbonyl (C=O) groups is 1. The van der Waals surface area contributed by atoms with Crippen molar-refractivity contribution in [3.05, 3.63) is 41.6 Å². The zero-order valence-electron chi connectivity index (χ0n) is 10.6. The van der Waals surface area contributed by atoms with Gasteiger partial charge in [-0.3, -0.25) is 9.48 Å². The molecule has 1 N–H and O–H groups in total. The van der Waals surface area contributed by atoms with Gasteiger partial charge in [-0.15, -0.1) is 0 Å². The van der Waals surface area contributed by atoms with Crippen molar-refractivity contribution in [2.24, 2.45) is 7.05 Å². The van der Waals surface area contributed by atoms with Crippen molar-refractivity contribution in [2.75, 3.05) is 0 Å². The fraction of sp³-hybridized carbons (Fsp3) is 0.286. The molecule has 0 radical (unpaired) electrons. The Morgan fingerprint density at radius 1 is 1.33 bits per heavy atom. The van der Waals surface area contributed by atoms with Gasteiger partial charge < -0.3 is 5.11 Å². The van der Waals surface area contributed by atoms with Gasteiger partial charge in [0, 0.05) is 7.05 Å². The van der Waals surface area contributed by atoms with Crippen LogP contribution in [-0.4, -0.2) is 20.9 Å². The van der Waals surface area contributed by atoms with Crippen LogP contribution in [0.2, 0.25) is 0 Å². The molecule has 94 valence electrons. The highest BCUT2D eigenvalue weighted by atomic mass is 16.4. The van der Waals surface area contributed by atoms with Gasteiger partial charge in [0.25, 0.3) is 0 Å². The smallest absolute Gasteiger partial charge is 0.309 e. The maximum Gasteiger partial charge on any atom is 0.309 e. The Labute approximate surface area is 106 Å². The predicted molar refractivity (Wildman–Crippen MR) is 69.4 cm³/mol. The number of hydrogen-bond donors (Lipinski definition) is 1. The molecule has 1 aromatic heterocycles. The number of aryl methyl sites for hydroxylation is 2. The molecule has 1 aromatic carbocycles. The molecule has 0 saturated carbocycles. The van der Waals surface area contributed by atoms with Crippen molar-refractivity contribution in [3.63, 3.8) is 0 Å². The summed E-state index contributed by atoms with van der Waals surface area (Å²) in [6.45, 7) is 2.12. The Hall–Kier alpha value is -2.10. The fourth-order valence-corrected chi connectivity index (χ4v) is 1.95. The standard InChI is InChI=1S/C14H16N2O2/c1-3-10-4-6-11(7-5-10)13-8-12(9-14(17)18)15-16(13)2/h4-8H,3,9H2,1-2H3,(H,17,18). The maximum atomic E-state index is 10.7. The lowest BCUT2D eigenvalue weighted by Gasteiger charge is -2.02. The topological polar surface area (TPSA) is 55.1 Å². The van der Waals surface area contributed by atoms with Crippen LogP contribution >= 0.6 is 0 Å². The summed E-state index contributed by atoms with van der Waals surface area (Å²) in [5.41, 5.74) is 3.86. The molecule has 2 rings (SSSR count). The summed E-state index contributed by atoms with van der Waals surface area (Å²) < 4.78 is 1.72. The average Bonchev–Trinajstić information content (AvgIpc) is 2.69. The fourth-order valence-electron chi connectivity index (χ4n) is 1.95. The summed E-state index contributed by atoms with van der Waals surface area (Å²) >= 11 is 0. The lowest BCUT2D eigenvalue weighted by atomic mass is 10.1. The predicted octanol–water partition coefficient (Wildman–Crippen LogP) is 2.28. The Balaban J connectivity index is 2.31. The van der Waals surface area contributed by atoms with Crippen molar-refractivity contribution >= 4 is 5.97 Å². The van der Waals surface area contributed by atoms with E-state index in [1.54, 1.807) is 4.68 Å². The molecule has 0 spiro atoms. The van der Waals surface area contributed by atoms with Crippen LogP contribution in [0, 0.1) is 0 Å². The second-order valence-electron chi connectivity index (χ2n) is 4.27. The zero-order chi connectivity index (χ0) is 13.1. The van der Waals surface area contributed by atoms with Gasteiger partial charge in [0.1, 0.15) is 0 Å². The van der Waals surface area contributed by atoms with E-state index in [1.807, 2.05) is 25.2 Å². The molecule has 4 heteroatoms. The van der Waals surface area contributed by atoms with Crippen molar-refractivity contribution in [3.8, 4) is 11.3 Å². The third-order valence-electron chi connectivity index (χ3n) is 2.92. The normalized spacial score (nSPS) is 10.6. The number of rotatable bonds is 4. The SMILES string of the molecule is CCc1ccc(-c2cc(CC(=O)O)nn2C)cc1. The third kappa shape index (κ3) is 2.59. The van der Waals surface area contributed by atoms with Crippen molar-refractivity contribution in [1.29, 1.82) is 0 Å². The van der Waals surface area contributed by atoms with Crippen molar-refractivity contribution < 1.29 is 9.90 Å². The highest BCUT2D eigenvalue weighted by molar-refractivity contribution is 5.70. The van der Waals surface area contributed by atoms with Crippen LogP contribution in [-0.2, 0) is 24.7 Å². The summed E-state index contributed by atoms with van der Waals surface area (Å²) in [6, 6.07) is 10.1. The molecule has 1 heterocycles. The molecule has 0 aliphatic heterocycles. The summed E-state index contributed by atoms with van der Waals surface area (Å²) in [5, 5.41) is 13.0. The second-order valence-corrected chi connectivity index (χ2v) is 4.27. The molecule has 0 aliphatic carbocycles. The van der Waals surface area contributed by atoms with Gasteiger partial charge >= 0.3 is 5.97 Å². The van der Waals surface area contributed by atoms with E-state index >= 15 is 0 Å². The number of carboxylic acid groups (broad SMARTS) is 1. The molecular formula is C14H16N2O2. The minimum Gasteiger partial charge on any atom is -0.481 e. The molecule has 0 bridgehead atoms. The highest BCUT2D eigenvalue weighted by Gasteiger charge is 2.09. The Morgan fingerprint density at radius 2 is 2.00 bits per heavy atom. The second kappa shape index (κ2) is 5.04. The van der Waals surface area contributed by atoms with Crippen molar-refractivity contribution in [1.82, 2.24) is 9.78 Å². The first-order valence-corrected chi connectivity index (χ1v) is 5.94. The van der Waals surface area contributed by atoms with Crippen LogP contribution in [0.3, 0.4) is 0 Å². The Kier molecular flexibility index (Phi) is 3.46. The molecule has 0 unspecified atom stereocenters. The van der Waals surface area contributed by atoms with Crippen LogP contribution < -0.4 is 0 Å². The Morgan fingerprint density at radius 3 is 2.56 bits per heavy atom. The van der Waals surface area contributed by atoms with E-state index in [1.165, 1.54) is 5.56 Å². The number of carboxylic acids is 1. The van der Waals surface area contributed by atoms with Gasteiger partial charge in [0.15, 0.2) is 0 Å². The van der Waals surface area contributed by atoms with E-state index in [4.69, 9.17) is 5.11 Å². The first-order valence-electron chi connectivity index (χ1n) is 5.94. The molecular weight excluding hydrogens is 228 g/mol. The van der Waals surface area contributed by atoms with Crippen LogP contribution in [0.1, 0.15) is 18.2 Å². The average molecular weight is 244 g/mol. The van der Waals surface area contributed by atoms with E-state index in [9.17, 15) is 4.79 Å². The lowest BCUT2D eigenvalue weighted by molar-refractivity contribution is -0.136. The van der Waals surface area contributed by atoms with Gasteiger partial charge in [-0.1, -0.05) is 31.2 Å². The van der Waals surface area contributed by atoms with Crippen LogP contribution in [0.5, 0.6) is 0 Å². The number of hydrogen-bond acceptors (Lipinski definition) is 2. The third-order valence-corrected chi connectivity index (χ3v) is 2.92. The van der Waals surface area contributed by atoms with Gasteiger partial charge in [0.05, 0.1) is 17.8 Å². The summed E-state index contributed by atoms with van der Waals surface area (Å²) in [6.07, 6.45) is 0.969. The first kappa shape index (κ1) is 12.4. The maximum absolute atomic E-state index is 10.7. The van der Waals surface area contributed by atoms with E-state index in [0.29, 0.717) is 5.69 Å². The highest BCUT2D eigenvalue weighted by Crippen LogP contribution is 2.20. The monoisotopic (exact) mass is 244 g/mol. The quantitative estimate of drug-likeness (QED) is 0.897.